The van der Waals surface area contributed by atoms with Gasteiger partial charge < -0.3 is 0 Å². The molecule has 1 saturated carbocycles. The summed E-state index contributed by atoms with van der Waals surface area (Å²) in [6, 6.07) is 30.3. The normalized spacial score (nSPS) is 17.7. The standard InChI is InChI=1S/C27H24N2O/c30-27(26-20-25(26)23-14-8-3-9-15-23)29-28-24(18-16-21-10-4-1-5-11-21)19-17-22-12-6-2-7-13-22/h1-19,25-26H,20H2,(H,29,30)/b18-16+,19-17+. The number of allylic oxidation sites excluding steroid dienone is 2. The maximum absolute atomic E-state index is 12.6. The molecule has 30 heavy (non-hydrogen) atoms. The lowest BCUT2D eigenvalue weighted by molar-refractivity contribution is -0.122. The lowest BCUT2D eigenvalue weighted by atomic mass is 10.1. The van der Waals surface area contributed by atoms with Crippen molar-refractivity contribution in [1.82, 2.24) is 5.43 Å². The molecule has 1 aliphatic rings. The van der Waals surface area contributed by atoms with E-state index in [1.807, 2.05) is 103 Å². The number of amides is 1. The molecule has 0 spiro atoms. The first-order chi connectivity index (χ1) is 14.8. The van der Waals surface area contributed by atoms with Crippen LogP contribution in [0.25, 0.3) is 12.2 Å². The van der Waals surface area contributed by atoms with Crippen LogP contribution >= 0.6 is 0 Å². The van der Waals surface area contributed by atoms with Gasteiger partial charge in [0.2, 0.25) is 5.91 Å². The summed E-state index contributed by atoms with van der Waals surface area (Å²) < 4.78 is 0. The molecule has 3 heteroatoms. The van der Waals surface area contributed by atoms with E-state index in [1.54, 1.807) is 0 Å². The van der Waals surface area contributed by atoms with Crippen molar-refractivity contribution in [3.63, 3.8) is 0 Å². The van der Waals surface area contributed by atoms with Crippen molar-refractivity contribution in [3.8, 4) is 0 Å². The van der Waals surface area contributed by atoms with Crippen LogP contribution in [0.15, 0.2) is 108 Å². The lowest BCUT2D eigenvalue weighted by Crippen LogP contribution is -2.21. The summed E-state index contributed by atoms with van der Waals surface area (Å²) in [6.45, 7) is 0. The average molecular weight is 393 g/mol. The number of nitrogens with zero attached hydrogens (tertiary/aromatic N) is 1. The third-order valence-electron chi connectivity index (χ3n) is 5.14. The SMILES string of the molecule is O=C(NN=C(/C=C/c1ccccc1)/C=C/c1ccccc1)C1CC1c1ccccc1. The summed E-state index contributed by atoms with van der Waals surface area (Å²) in [6.07, 6.45) is 8.68. The Balaban J connectivity index is 1.46. The zero-order chi connectivity index (χ0) is 20.6. The number of carbonyl (C=O) groups excluding carboxylic acids is 1. The minimum absolute atomic E-state index is 0.00592. The van der Waals surface area contributed by atoms with E-state index in [1.165, 1.54) is 5.56 Å². The van der Waals surface area contributed by atoms with Crippen LogP contribution in [0.3, 0.4) is 0 Å². The molecule has 3 nitrogen and oxygen atoms in total. The fourth-order valence-electron chi connectivity index (χ4n) is 3.38. The summed E-state index contributed by atoms with van der Waals surface area (Å²) in [5.41, 5.74) is 6.83. The average Bonchev–Trinajstić information content (AvgIpc) is 3.61. The predicted octanol–water partition coefficient (Wildman–Crippen LogP) is 5.69. The Morgan fingerprint density at radius 2 is 1.27 bits per heavy atom. The van der Waals surface area contributed by atoms with E-state index in [9.17, 15) is 4.79 Å². The van der Waals surface area contributed by atoms with Gasteiger partial charge in [-0.05, 0) is 41.2 Å². The Bertz CT molecular complexity index is 1000. The summed E-state index contributed by atoms with van der Waals surface area (Å²) in [5, 5.41) is 4.39. The molecule has 0 heterocycles. The van der Waals surface area contributed by atoms with Gasteiger partial charge in [-0.15, -0.1) is 0 Å². The van der Waals surface area contributed by atoms with Crippen LogP contribution in [0.4, 0.5) is 0 Å². The van der Waals surface area contributed by atoms with E-state index >= 15 is 0 Å². The summed E-state index contributed by atoms with van der Waals surface area (Å²) in [4.78, 5) is 12.6. The molecule has 0 bridgehead atoms. The smallest absolute Gasteiger partial charge is 0.243 e. The van der Waals surface area contributed by atoms with Gasteiger partial charge in [0.25, 0.3) is 0 Å². The predicted molar refractivity (Wildman–Crippen MR) is 124 cm³/mol. The van der Waals surface area contributed by atoms with Crippen molar-refractivity contribution >= 4 is 23.8 Å². The third kappa shape index (κ3) is 5.42. The van der Waals surface area contributed by atoms with Gasteiger partial charge >= 0.3 is 0 Å². The molecule has 0 saturated heterocycles. The van der Waals surface area contributed by atoms with E-state index in [0.717, 1.165) is 17.5 Å². The molecule has 0 radical (unpaired) electrons. The van der Waals surface area contributed by atoms with Gasteiger partial charge in [0, 0.05) is 5.92 Å². The van der Waals surface area contributed by atoms with E-state index < -0.39 is 0 Å². The molecule has 148 valence electrons. The second-order valence-electron chi connectivity index (χ2n) is 7.36. The maximum Gasteiger partial charge on any atom is 0.243 e. The van der Waals surface area contributed by atoms with Crippen molar-refractivity contribution in [3.05, 3.63) is 120 Å². The third-order valence-corrected chi connectivity index (χ3v) is 5.14. The maximum atomic E-state index is 12.6. The highest BCUT2D eigenvalue weighted by Gasteiger charge is 2.43. The van der Waals surface area contributed by atoms with Crippen LogP contribution in [0.1, 0.15) is 29.0 Å². The van der Waals surface area contributed by atoms with Gasteiger partial charge in [-0.25, -0.2) is 5.43 Å². The van der Waals surface area contributed by atoms with Crippen LogP contribution in [-0.4, -0.2) is 11.6 Å². The van der Waals surface area contributed by atoms with E-state index in [0.29, 0.717) is 11.6 Å². The number of hydrogen-bond donors (Lipinski definition) is 1. The Labute approximate surface area is 177 Å². The molecule has 1 aliphatic carbocycles. The molecule has 3 aromatic rings. The zero-order valence-corrected chi connectivity index (χ0v) is 16.7. The van der Waals surface area contributed by atoms with Gasteiger partial charge in [0.1, 0.15) is 0 Å². The van der Waals surface area contributed by atoms with E-state index in [4.69, 9.17) is 0 Å². The Hall–Kier alpha value is -3.72. The van der Waals surface area contributed by atoms with Crippen molar-refractivity contribution in [1.29, 1.82) is 0 Å². The number of nitrogens with one attached hydrogen (secondary N) is 1. The first-order valence-electron chi connectivity index (χ1n) is 10.2. The van der Waals surface area contributed by atoms with Crippen LogP contribution in [-0.2, 0) is 4.79 Å². The molecule has 1 amide bonds. The quantitative estimate of drug-likeness (QED) is 0.407. The van der Waals surface area contributed by atoms with Crippen molar-refractivity contribution < 1.29 is 4.79 Å². The second-order valence-corrected chi connectivity index (χ2v) is 7.36. The largest absolute Gasteiger partial charge is 0.273 e. The second kappa shape index (κ2) is 9.66. The summed E-state index contributed by atoms with van der Waals surface area (Å²) >= 11 is 0. The highest BCUT2D eigenvalue weighted by atomic mass is 16.2. The molecule has 2 atom stereocenters. The number of rotatable bonds is 7. The molecule has 1 fully saturated rings. The number of carbonyl (C=O) groups is 1. The highest BCUT2D eigenvalue weighted by Crippen LogP contribution is 2.47. The van der Waals surface area contributed by atoms with Gasteiger partial charge in [-0.1, -0.05) is 103 Å². The molecule has 2 unspecified atom stereocenters. The van der Waals surface area contributed by atoms with Gasteiger partial charge in [0.15, 0.2) is 0 Å². The van der Waals surface area contributed by atoms with Crippen LogP contribution in [0, 0.1) is 5.92 Å². The number of hydrazone groups is 1. The Morgan fingerprint density at radius 1 is 0.767 bits per heavy atom. The lowest BCUT2D eigenvalue weighted by Gasteiger charge is -2.02. The Kier molecular flexibility index (Phi) is 6.31. The molecule has 3 aromatic carbocycles. The molecular weight excluding hydrogens is 368 g/mol. The van der Waals surface area contributed by atoms with Crippen molar-refractivity contribution in [2.75, 3.05) is 0 Å². The van der Waals surface area contributed by atoms with E-state index in [2.05, 4.69) is 22.7 Å². The first-order valence-corrected chi connectivity index (χ1v) is 10.2. The van der Waals surface area contributed by atoms with E-state index in [-0.39, 0.29) is 11.8 Å². The minimum Gasteiger partial charge on any atom is -0.273 e. The van der Waals surface area contributed by atoms with Crippen LogP contribution in [0.5, 0.6) is 0 Å². The first kappa shape index (κ1) is 19.6. The van der Waals surface area contributed by atoms with Crippen molar-refractivity contribution in [2.45, 2.75) is 12.3 Å². The topological polar surface area (TPSA) is 41.5 Å². The summed E-state index contributed by atoms with van der Waals surface area (Å²) in [5.74, 6) is 0.265. The van der Waals surface area contributed by atoms with Crippen LogP contribution < -0.4 is 5.43 Å². The minimum atomic E-state index is -0.0254. The molecule has 0 aromatic heterocycles. The molecule has 1 N–H and O–H groups in total. The van der Waals surface area contributed by atoms with Crippen LogP contribution in [0.2, 0.25) is 0 Å². The van der Waals surface area contributed by atoms with Gasteiger partial charge in [-0.2, -0.15) is 5.10 Å². The fraction of sp³-hybridized carbons (Fsp3) is 0.111. The fourth-order valence-corrected chi connectivity index (χ4v) is 3.38. The Morgan fingerprint density at radius 3 is 1.80 bits per heavy atom. The summed E-state index contributed by atoms with van der Waals surface area (Å²) in [7, 11) is 0. The molecule has 0 aliphatic heterocycles. The molecule has 4 rings (SSSR count). The van der Waals surface area contributed by atoms with Gasteiger partial charge in [0.05, 0.1) is 5.71 Å². The number of hydrogen-bond acceptors (Lipinski definition) is 2. The van der Waals surface area contributed by atoms with Crippen molar-refractivity contribution in [2.24, 2.45) is 11.0 Å². The zero-order valence-electron chi connectivity index (χ0n) is 16.7. The van der Waals surface area contributed by atoms with Gasteiger partial charge in [-0.3, -0.25) is 4.79 Å². The highest BCUT2D eigenvalue weighted by molar-refractivity contribution is 6.09. The number of benzene rings is 3. The monoisotopic (exact) mass is 392 g/mol. The molecular formula is C27H24N2O.